The van der Waals surface area contributed by atoms with Crippen LogP contribution in [0, 0.1) is 5.92 Å². The minimum Gasteiger partial charge on any atom is -0.398 e. The van der Waals surface area contributed by atoms with Crippen molar-refractivity contribution in [1.82, 2.24) is 4.90 Å². The number of nitrogens with two attached hydrogens (primary N) is 1. The van der Waals surface area contributed by atoms with E-state index in [0.717, 1.165) is 24.9 Å². The number of halogens is 1. The number of amides is 1. The molecule has 1 aliphatic rings. The first-order valence-electron chi connectivity index (χ1n) is 5.90. The van der Waals surface area contributed by atoms with Crippen molar-refractivity contribution < 1.29 is 4.79 Å². The van der Waals surface area contributed by atoms with Gasteiger partial charge < -0.3 is 10.6 Å². The SMILES string of the molecule is CC1CCCN(Cc2ccc(Cl)c(N)c2)C1=O. The zero-order chi connectivity index (χ0) is 12.4. The summed E-state index contributed by atoms with van der Waals surface area (Å²) in [5.74, 6) is 0.387. The predicted molar refractivity (Wildman–Crippen MR) is 69.7 cm³/mol. The average molecular weight is 253 g/mol. The van der Waals surface area contributed by atoms with Crippen LogP contribution in [0.15, 0.2) is 18.2 Å². The first-order chi connectivity index (χ1) is 8.08. The highest BCUT2D eigenvalue weighted by Gasteiger charge is 2.24. The third-order valence-electron chi connectivity index (χ3n) is 3.23. The van der Waals surface area contributed by atoms with Gasteiger partial charge in [0.15, 0.2) is 0 Å². The zero-order valence-electron chi connectivity index (χ0n) is 9.95. The number of hydrogen-bond acceptors (Lipinski definition) is 2. The van der Waals surface area contributed by atoms with Crippen LogP contribution < -0.4 is 5.73 Å². The summed E-state index contributed by atoms with van der Waals surface area (Å²) in [6, 6.07) is 5.55. The summed E-state index contributed by atoms with van der Waals surface area (Å²) in [5.41, 5.74) is 7.36. The quantitative estimate of drug-likeness (QED) is 0.823. The standard InChI is InChI=1S/C13H17ClN2O/c1-9-3-2-6-16(13(9)17)8-10-4-5-11(14)12(15)7-10/h4-5,7,9H,2-3,6,8,15H2,1H3. The van der Waals surface area contributed by atoms with Crippen LogP contribution in [0.5, 0.6) is 0 Å². The van der Waals surface area contributed by atoms with E-state index < -0.39 is 0 Å². The van der Waals surface area contributed by atoms with E-state index >= 15 is 0 Å². The smallest absolute Gasteiger partial charge is 0.225 e. The Morgan fingerprint density at radius 1 is 1.53 bits per heavy atom. The Hall–Kier alpha value is -1.22. The summed E-state index contributed by atoms with van der Waals surface area (Å²) >= 11 is 5.87. The van der Waals surface area contributed by atoms with Crippen LogP contribution in [0.3, 0.4) is 0 Å². The second-order valence-corrected chi connectivity index (χ2v) is 5.07. The van der Waals surface area contributed by atoms with Gasteiger partial charge in [-0.15, -0.1) is 0 Å². The maximum absolute atomic E-state index is 12.0. The molecule has 92 valence electrons. The summed E-state index contributed by atoms with van der Waals surface area (Å²) in [5, 5.41) is 0.562. The molecule has 1 unspecified atom stereocenters. The number of anilines is 1. The highest BCUT2D eigenvalue weighted by molar-refractivity contribution is 6.33. The van der Waals surface area contributed by atoms with Crippen LogP contribution in [-0.2, 0) is 11.3 Å². The van der Waals surface area contributed by atoms with Gasteiger partial charge >= 0.3 is 0 Å². The summed E-state index contributed by atoms with van der Waals surface area (Å²) in [7, 11) is 0. The molecule has 1 aromatic carbocycles. The van der Waals surface area contributed by atoms with Crippen molar-refractivity contribution in [2.75, 3.05) is 12.3 Å². The average Bonchev–Trinajstić information content (AvgIpc) is 2.30. The Labute approximate surface area is 107 Å². The molecule has 1 amide bonds. The Morgan fingerprint density at radius 3 is 3.00 bits per heavy atom. The fourth-order valence-corrected chi connectivity index (χ4v) is 2.32. The van der Waals surface area contributed by atoms with E-state index in [1.807, 2.05) is 24.0 Å². The molecule has 0 radical (unpaired) electrons. The van der Waals surface area contributed by atoms with Gasteiger partial charge in [-0.1, -0.05) is 24.6 Å². The lowest BCUT2D eigenvalue weighted by molar-refractivity contribution is -0.138. The molecular formula is C13H17ClN2O. The van der Waals surface area contributed by atoms with Crippen molar-refractivity contribution in [3.05, 3.63) is 28.8 Å². The van der Waals surface area contributed by atoms with Crippen LogP contribution >= 0.6 is 11.6 Å². The third-order valence-corrected chi connectivity index (χ3v) is 3.58. The first kappa shape index (κ1) is 12.2. The molecule has 0 saturated carbocycles. The van der Waals surface area contributed by atoms with Crippen molar-refractivity contribution in [3.63, 3.8) is 0 Å². The summed E-state index contributed by atoms with van der Waals surface area (Å²) in [6.45, 7) is 3.46. The van der Waals surface area contributed by atoms with Crippen LogP contribution in [0.25, 0.3) is 0 Å². The Morgan fingerprint density at radius 2 is 2.29 bits per heavy atom. The second-order valence-electron chi connectivity index (χ2n) is 4.66. The molecule has 0 aromatic heterocycles. The number of benzene rings is 1. The van der Waals surface area contributed by atoms with Crippen LogP contribution in [0.4, 0.5) is 5.69 Å². The molecule has 1 fully saturated rings. The summed E-state index contributed by atoms with van der Waals surface area (Å²) in [4.78, 5) is 13.8. The lowest BCUT2D eigenvalue weighted by Gasteiger charge is -2.30. The van der Waals surface area contributed by atoms with Gasteiger partial charge in [0.2, 0.25) is 5.91 Å². The molecule has 0 spiro atoms. The Bertz CT molecular complexity index is 433. The summed E-state index contributed by atoms with van der Waals surface area (Å²) < 4.78 is 0. The number of nitrogen functional groups attached to an aromatic ring is 1. The number of rotatable bonds is 2. The largest absolute Gasteiger partial charge is 0.398 e. The fraction of sp³-hybridized carbons (Fsp3) is 0.462. The van der Waals surface area contributed by atoms with Gasteiger partial charge in [-0.25, -0.2) is 0 Å². The van der Waals surface area contributed by atoms with Gasteiger partial charge in [-0.2, -0.15) is 0 Å². The minimum absolute atomic E-state index is 0.147. The molecule has 2 rings (SSSR count). The van der Waals surface area contributed by atoms with Crippen LogP contribution in [-0.4, -0.2) is 17.4 Å². The Balaban J connectivity index is 2.09. The molecular weight excluding hydrogens is 236 g/mol. The number of piperidine rings is 1. The van der Waals surface area contributed by atoms with Crippen molar-refractivity contribution in [2.45, 2.75) is 26.3 Å². The number of hydrogen-bond donors (Lipinski definition) is 1. The molecule has 1 saturated heterocycles. The van der Waals surface area contributed by atoms with Gasteiger partial charge in [0.05, 0.1) is 10.7 Å². The van der Waals surface area contributed by atoms with E-state index in [0.29, 0.717) is 17.3 Å². The van der Waals surface area contributed by atoms with Gasteiger partial charge in [0.25, 0.3) is 0 Å². The van der Waals surface area contributed by atoms with Crippen LogP contribution in [0.2, 0.25) is 5.02 Å². The molecule has 17 heavy (non-hydrogen) atoms. The number of carbonyl (C=O) groups excluding carboxylic acids is 1. The van der Waals surface area contributed by atoms with Gasteiger partial charge in [-0.3, -0.25) is 4.79 Å². The number of nitrogens with zero attached hydrogens (tertiary/aromatic N) is 1. The van der Waals surface area contributed by atoms with Crippen molar-refractivity contribution in [3.8, 4) is 0 Å². The molecule has 1 heterocycles. The van der Waals surface area contributed by atoms with Gasteiger partial charge in [-0.05, 0) is 30.5 Å². The van der Waals surface area contributed by atoms with E-state index in [1.165, 1.54) is 0 Å². The molecule has 0 aliphatic carbocycles. The molecule has 1 aromatic rings. The maximum atomic E-state index is 12.0. The molecule has 1 aliphatic heterocycles. The number of carbonyl (C=O) groups is 1. The fourth-order valence-electron chi connectivity index (χ4n) is 2.20. The zero-order valence-corrected chi connectivity index (χ0v) is 10.7. The van der Waals surface area contributed by atoms with Crippen LogP contribution in [0.1, 0.15) is 25.3 Å². The van der Waals surface area contributed by atoms with Crippen molar-refractivity contribution in [1.29, 1.82) is 0 Å². The molecule has 4 heteroatoms. The van der Waals surface area contributed by atoms with E-state index in [1.54, 1.807) is 6.07 Å². The molecule has 3 nitrogen and oxygen atoms in total. The first-order valence-corrected chi connectivity index (χ1v) is 6.28. The van der Waals surface area contributed by atoms with E-state index in [4.69, 9.17) is 17.3 Å². The van der Waals surface area contributed by atoms with Gasteiger partial charge in [0.1, 0.15) is 0 Å². The topological polar surface area (TPSA) is 46.3 Å². The highest BCUT2D eigenvalue weighted by Crippen LogP contribution is 2.23. The third kappa shape index (κ3) is 2.72. The maximum Gasteiger partial charge on any atom is 0.225 e. The lowest BCUT2D eigenvalue weighted by atomic mass is 9.98. The van der Waals surface area contributed by atoms with Crippen molar-refractivity contribution >= 4 is 23.2 Å². The second kappa shape index (κ2) is 4.96. The van der Waals surface area contributed by atoms with E-state index in [9.17, 15) is 4.79 Å². The Kier molecular flexibility index (Phi) is 3.57. The highest BCUT2D eigenvalue weighted by atomic mass is 35.5. The van der Waals surface area contributed by atoms with E-state index in [2.05, 4.69) is 0 Å². The minimum atomic E-state index is 0.147. The van der Waals surface area contributed by atoms with E-state index in [-0.39, 0.29) is 11.8 Å². The lowest BCUT2D eigenvalue weighted by Crippen LogP contribution is -2.39. The molecule has 2 N–H and O–H groups in total. The predicted octanol–water partition coefficient (Wildman–Crippen LogP) is 2.68. The monoisotopic (exact) mass is 252 g/mol. The normalized spacial score (nSPS) is 20.7. The molecule has 1 atom stereocenters. The van der Waals surface area contributed by atoms with Gasteiger partial charge in [0, 0.05) is 19.0 Å². The van der Waals surface area contributed by atoms with Crippen molar-refractivity contribution in [2.24, 2.45) is 5.92 Å². The molecule has 0 bridgehead atoms. The summed E-state index contributed by atoms with van der Waals surface area (Å²) in [6.07, 6.45) is 2.08. The number of likely N-dealkylation sites (tertiary alicyclic amines) is 1.